The van der Waals surface area contributed by atoms with Gasteiger partial charge in [0.2, 0.25) is 0 Å². The molecule has 0 aliphatic carbocycles. The number of aromatic nitrogens is 1. The Labute approximate surface area is 193 Å². The standard InChI is InChI=1S/C14H11F3N2O2.C7H17NO5/c1-8-10(14(15,16)17)5-2-6-11(8)19-12-9(13(20)21)4-3-7-18-12;1-8-2-4(10)6(12)7(13)5(11)3-9/h2-7H,1H3,(H,18,19)(H,20,21);4-13H,2-3H2,1H3/t;4-,5+,6+,7+/m.1/s1. The van der Waals surface area contributed by atoms with E-state index in [0.717, 1.165) is 6.07 Å². The summed E-state index contributed by atoms with van der Waals surface area (Å²) in [5, 5.41) is 59.2. The largest absolute Gasteiger partial charge is 0.478 e. The predicted octanol–water partition coefficient (Wildman–Crippen LogP) is 0.492. The number of carboxylic acid groups (broad SMARTS) is 1. The third kappa shape index (κ3) is 8.20. The maximum atomic E-state index is 12.8. The summed E-state index contributed by atoms with van der Waals surface area (Å²) >= 11 is 0. The van der Waals surface area contributed by atoms with Gasteiger partial charge in [-0.3, -0.25) is 0 Å². The van der Waals surface area contributed by atoms with Crippen molar-refractivity contribution in [3.8, 4) is 0 Å². The molecule has 10 nitrogen and oxygen atoms in total. The van der Waals surface area contributed by atoms with E-state index in [9.17, 15) is 23.1 Å². The van der Waals surface area contributed by atoms with E-state index in [4.69, 9.17) is 25.5 Å². The molecular weight excluding hydrogens is 463 g/mol. The van der Waals surface area contributed by atoms with Crippen molar-refractivity contribution in [2.75, 3.05) is 25.5 Å². The van der Waals surface area contributed by atoms with Crippen LogP contribution in [0.5, 0.6) is 0 Å². The molecule has 2 rings (SSSR count). The molecule has 0 saturated carbocycles. The molecule has 0 fully saturated rings. The lowest BCUT2D eigenvalue weighted by molar-refractivity contribution is -0.138. The van der Waals surface area contributed by atoms with Gasteiger partial charge in [0.15, 0.2) is 0 Å². The minimum absolute atomic E-state index is 0.00701. The van der Waals surface area contributed by atoms with Crippen LogP contribution < -0.4 is 10.6 Å². The molecule has 0 amide bonds. The summed E-state index contributed by atoms with van der Waals surface area (Å²) < 4.78 is 38.5. The van der Waals surface area contributed by atoms with Gasteiger partial charge in [-0.05, 0) is 43.8 Å². The van der Waals surface area contributed by atoms with E-state index < -0.39 is 48.7 Å². The van der Waals surface area contributed by atoms with E-state index in [1.807, 2.05) is 0 Å². The van der Waals surface area contributed by atoms with Crippen LogP contribution in [0.15, 0.2) is 36.5 Å². The summed E-state index contributed by atoms with van der Waals surface area (Å²) in [6.45, 7) is 0.745. The smallest absolute Gasteiger partial charge is 0.416 e. The van der Waals surface area contributed by atoms with Gasteiger partial charge in [0.1, 0.15) is 29.7 Å². The minimum atomic E-state index is -4.47. The molecule has 1 aromatic carbocycles. The number of alkyl halides is 3. The van der Waals surface area contributed by atoms with Crippen molar-refractivity contribution >= 4 is 17.5 Å². The number of nitrogens with zero attached hydrogens (tertiary/aromatic N) is 1. The normalized spacial score (nSPS) is 14.9. The first-order valence-electron chi connectivity index (χ1n) is 9.94. The van der Waals surface area contributed by atoms with Crippen molar-refractivity contribution in [1.29, 1.82) is 0 Å². The number of aliphatic hydroxyl groups is 5. The van der Waals surface area contributed by atoms with Gasteiger partial charge in [0.05, 0.1) is 18.3 Å². The molecule has 1 aromatic heterocycles. The number of carbonyl (C=O) groups is 1. The zero-order chi connectivity index (χ0) is 26.1. The number of halogens is 3. The summed E-state index contributed by atoms with van der Waals surface area (Å²) in [6.07, 6.45) is -8.76. The highest BCUT2D eigenvalue weighted by Gasteiger charge is 2.33. The first-order chi connectivity index (χ1) is 15.8. The van der Waals surface area contributed by atoms with Gasteiger partial charge in [0.25, 0.3) is 0 Å². The van der Waals surface area contributed by atoms with Gasteiger partial charge in [-0.2, -0.15) is 13.2 Å². The van der Waals surface area contributed by atoms with Gasteiger partial charge < -0.3 is 41.3 Å². The van der Waals surface area contributed by atoms with Crippen LogP contribution in [-0.2, 0) is 6.18 Å². The Morgan fingerprint density at radius 3 is 2.21 bits per heavy atom. The topological polar surface area (TPSA) is 175 Å². The number of carboxylic acids is 1. The fraction of sp³-hybridized carbons (Fsp3) is 0.429. The Balaban J connectivity index is 0.000000385. The number of likely N-dealkylation sites (N-methyl/N-ethyl adjacent to an activating group) is 1. The number of hydrogen-bond donors (Lipinski definition) is 8. The molecule has 0 aliphatic rings. The van der Waals surface area contributed by atoms with Crippen LogP contribution >= 0.6 is 0 Å². The fourth-order valence-corrected chi connectivity index (χ4v) is 2.78. The molecule has 4 atom stereocenters. The first kappa shape index (κ1) is 29.2. The number of hydrogen-bond acceptors (Lipinski definition) is 9. The molecule has 0 aliphatic heterocycles. The molecule has 0 saturated heterocycles. The van der Waals surface area contributed by atoms with Crippen LogP contribution in [0, 0.1) is 6.92 Å². The Kier molecular flexibility index (Phi) is 11.3. The molecule has 34 heavy (non-hydrogen) atoms. The first-order valence-corrected chi connectivity index (χ1v) is 9.94. The van der Waals surface area contributed by atoms with Crippen LogP contribution in [0.3, 0.4) is 0 Å². The zero-order valence-electron chi connectivity index (χ0n) is 18.4. The van der Waals surface area contributed by atoms with Gasteiger partial charge >= 0.3 is 12.1 Å². The highest BCUT2D eigenvalue weighted by Crippen LogP contribution is 2.35. The van der Waals surface area contributed by atoms with Crippen molar-refractivity contribution in [1.82, 2.24) is 10.3 Å². The molecule has 0 spiro atoms. The number of pyridine rings is 1. The molecular formula is C21H28F3N3O7. The molecule has 13 heteroatoms. The van der Waals surface area contributed by atoms with Crippen LogP contribution in [0.1, 0.15) is 21.5 Å². The Bertz CT molecular complexity index is 931. The number of anilines is 2. The highest BCUT2D eigenvalue weighted by molar-refractivity contribution is 5.94. The third-order valence-electron chi connectivity index (χ3n) is 4.67. The monoisotopic (exact) mass is 491 g/mol. The number of aromatic carboxylic acids is 1. The third-order valence-corrected chi connectivity index (χ3v) is 4.67. The maximum Gasteiger partial charge on any atom is 0.416 e. The average Bonchev–Trinajstić information content (AvgIpc) is 2.78. The van der Waals surface area contributed by atoms with Gasteiger partial charge in [-0.1, -0.05) is 6.07 Å². The molecule has 8 N–H and O–H groups in total. The highest BCUT2D eigenvalue weighted by atomic mass is 19.4. The van der Waals surface area contributed by atoms with Crippen LogP contribution in [-0.4, -0.2) is 86.2 Å². The summed E-state index contributed by atoms with van der Waals surface area (Å²) in [6, 6.07) is 6.41. The summed E-state index contributed by atoms with van der Waals surface area (Å²) in [4.78, 5) is 14.9. The number of benzene rings is 1. The maximum absolute atomic E-state index is 12.8. The van der Waals surface area contributed by atoms with Crippen molar-refractivity contribution in [3.05, 3.63) is 53.2 Å². The summed E-state index contributed by atoms with van der Waals surface area (Å²) in [5.74, 6) is -1.22. The SMILES string of the molecule is CNC[C@@H](O)[C@H](O)[C@@H](O)[C@@H](O)CO.Cc1c(Nc2ncccc2C(=O)O)cccc1C(F)(F)F. The Morgan fingerprint density at radius 1 is 1.06 bits per heavy atom. The van der Waals surface area contributed by atoms with Crippen LogP contribution in [0.25, 0.3) is 0 Å². The molecule has 0 radical (unpaired) electrons. The minimum Gasteiger partial charge on any atom is -0.478 e. The second-order valence-electron chi connectivity index (χ2n) is 7.16. The summed E-state index contributed by atoms with van der Waals surface area (Å²) in [7, 11) is 1.57. The molecule has 190 valence electrons. The van der Waals surface area contributed by atoms with E-state index in [0.29, 0.717) is 0 Å². The van der Waals surface area contributed by atoms with Crippen molar-refractivity contribution in [3.63, 3.8) is 0 Å². The summed E-state index contributed by atoms with van der Waals surface area (Å²) in [5.41, 5.74) is -0.757. The van der Waals surface area contributed by atoms with Crippen molar-refractivity contribution in [2.45, 2.75) is 37.5 Å². The van der Waals surface area contributed by atoms with Crippen LogP contribution in [0.4, 0.5) is 24.7 Å². The fourth-order valence-electron chi connectivity index (χ4n) is 2.78. The average molecular weight is 491 g/mol. The second-order valence-corrected chi connectivity index (χ2v) is 7.16. The molecule has 0 bridgehead atoms. The van der Waals surface area contributed by atoms with E-state index in [1.54, 1.807) is 7.05 Å². The van der Waals surface area contributed by atoms with Gasteiger partial charge in [-0.15, -0.1) is 0 Å². The van der Waals surface area contributed by atoms with E-state index in [-0.39, 0.29) is 29.2 Å². The van der Waals surface area contributed by atoms with E-state index in [2.05, 4.69) is 15.6 Å². The van der Waals surface area contributed by atoms with E-state index >= 15 is 0 Å². The van der Waals surface area contributed by atoms with Gasteiger partial charge in [0, 0.05) is 18.4 Å². The molecule has 2 aromatic rings. The van der Waals surface area contributed by atoms with Gasteiger partial charge in [-0.25, -0.2) is 9.78 Å². The second kappa shape index (κ2) is 13.2. The van der Waals surface area contributed by atoms with E-state index in [1.165, 1.54) is 37.4 Å². The lowest BCUT2D eigenvalue weighted by atomic mass is 10.0. The van der Waals surface area contributed by atoms with Crippen LogP contribution in [0.2, 0.25) is 0 Å². The molecule has 0 unspecified atom stereocenters. The lowest BCUT2D eigenvalue weighted by Gasteiger charge is -2.25. The zero-order valence-corrected chi connectivity index (χ0v) is 18.4. The number of rotatable bonds is 9. The predicted molar refractivity (Wildman–Crippen MR) is 116 cm³/mol. The number of nitrogens with one attached hydrogen (secondary N) is 2. The van der Waals surface area contributed by atoms with Crippen molar-refractivity contribution in [2.24, 2.45) is 0 Å². The Morgan fingerprint density at radius 2 is 1.68 bits per heavy atom. The lowest BCUT2D eigenvalue weighted by Crippen LogP contribution is -2.48. The van der Waals surface area contributed by atoms with Crippen molar-refractivity contribution < 1.29 is 48.6 Å². The number of aliphatic hydroxyl groups excluding tert-OH is 5. The quantitative estimate of drug-likeness (QED) is 0.246. The molecule has 1 heterocycles. The Hall–Kier alpha value is -2.81.